The van der Waals surface area contributed by atoms with Crippen molar-refractivity contribution in [2.45, 2.75) is 20.0 Å². The summed E-state index contributed by atoms with van der Waals surface area (Å²) in [6.45, 7) is 3.56. The van der Waals surface area contributed by atoms with Crippen LogP contribution in [0.3, 0.4) is 0 Å². The molecule has 7 heteroatoms. The molecule has 0 atom stereocenters. The molecule has 21 heavy (non-hydrogen) atoms. The zero-order valence-electron chi connectivity index (χ0n) is 11.5. The number of hydrogen-bond donors (Lipinski definition) is 0. The van der Waals surface area contributed by atoms with E-state index >= 15 is 0 Å². The number of nitrogens with zero attached hydrogens (tertiary/aromatic N) is 3. The molecule has 0 aliphatic rings. The predicted octanol–water partition coefficient (Wildman–Crippen LogP) is 3.67. The van der Waals surface area contributed by atoms with E-state index in [1.54, 1.807) is 32.0 Å². The smallest absolute Gasteiger partial charge is 0.332 e. The first kappa shape index (κ1) is 15.5. The van der Waals surface area contributed by atoms with Crippen LogP contribution >= 0.6 is 23.2 Å². The van der Waals surface area contributed by atoms with Gasteiger partial charge in [0.15, 0.2) is 5.82 Å². The number of esters is 1. The Labute approximate surface area is 132 Å². The predicted molar refractivity (Wildman–Crippen MR) is 82.0 cm³/mol. The summed E-state index contributed by atoms with van der Waals surface area (Å²) in [7, 11) is 0. The molecular weight excluding hydrogens is 313 g/mol. The molecule has 0 radical (unpaired) electrons. The van der Waals surface area contributed by atoms with E-state index in [4.69, 9.17) is 27.9 Å². The van der Waals surface area contributed by atoms with Gasteiger partial charge in [-0.2, -0.15) is 0 Å². The number of rotatable bonds is 4. The van der Waals surface area contributed by atoms with Gasteiger partial charge in [0.25, 0.3) is 0 Å². The van der Waals surface area contributed by atoms with Crippen LogP contribution in [0.15, 0.2) is 30.6 Å². The molecule has 0 aliphatic heterocycles. The summed E-state index contributed by atoms with van der Waals surface area (Å²) in [6, 6.07) is 5.05. The topological polar surface area (TPSA) is 57.0 Å². The third-order valence-electron chi connectivity index (χ3n) is 2.34. The maximum Gasteiger partial charge on any atom is 0.332 e. The van der Waals surface area contributed by atoms with Gasteiger partial charge in [-0.1, -0.05) is 23.2 Å². The Morgan fingerprint density at radius 2 is 1.95 bits per heavy atom. The number of halogens is 2. The zero-order chi connectivity index (χ0) is 15.4. The van der Waals surface area contributed by atoms with Gasteiger partial charge < -0.3 is 4.74 Å². The molecule has 1 aromatic heterocycles. The van der Waals surface area contributed by atoms with Gasteiger partial charge in [-0.15, -0.1) is 5.10 Å². The number of carbonyl (C=O) groups excluding carboxylic acids is 1. The van der Waals surface area contributed by atoms with Gasteiger partial charge in [0.05, 0.1) is 6.10 Å². The number of aromatic nitrogens is 3. The van der Waals surface area contributed by atoms with Crippen molar-refractivity contribution >= 4 is 35.4 Å². The van der Waals surface area contributed by atoms with Crippen LogP contribution in [0.1, 0.15) is 13.8 Å². The van der Waals surface area contributed by atoms with Crippen molar-refractivity contribution < 1.29 is 9.53 Å². The highest BCUT2D eigenvalue weighted by molar-refractivity contribution is 6.35. The van der Waals surface area contributed by atoms with Gasteiger partial charge in [0.2, 0.25) is 0 Å². The lowest BCUT2D eigenvalue weighted by Crippen LogP contribution is -2.08. The van der Waals surface area contributed by atoms with E-state index in [1.165, 1.54) is 23.3 Å². The minimum atomic E-state index is -0.437. The Morgan fingerprint density at radius 1 is 1.29 bits per heavy atom. The van der Waals surface area contributed by atoms with Crippen LogP contribution in [0.4, 0.5) is 0 Å². The maximum atomic E-state index is 11.4. The summed E-state index contributed by atoms with van der Waals surface area (Å²) >= 11 is 11.9. The molecule has 0 saturated heterocycles. The normalized spacial score (nSPS) is 11.3. The van der Waals surface area contributed by atoms with Crippen LogP contribution in [-0.4, -0.2) is 26.8 Å². The number of ether oxygens (including phenoxy) is 1. The largest absolute Gasteiger partial charge is 0.460 e. The van der Waals surface area contributed by atoms with E-state index in [0.717, 1.165) is 0 Å². The van der Waals surface area contributed by atoms with Crippen molar-refractivity contribution in [3.8, 4) is 11.4 Å². The van der Waals surface area contributed by atoms with Crippen molar-refractivity contribution in [3.63, 3.8) is 0 Å². The SMILES string of the molecule is CC(C)OC(=O)/C=C\n1cnc(-c2cc(Cl)cc(Cl)c2)n1. The highest BCUT2D eigenvalue weighted by Gasteiger charge is 2.06. The minimum absolute atomic E-state index is 0.165. The van der Waals surface area contributed by atoms with E-state index in [1.807, 2.05) is 0 Å². The van der Waals surface area contributed by atoms with Gasteiger partial charge in [-0.25, -0.2) is 14.5 Å². The standard InChI is InChI=1S/C14H13Cl2N3O2/c1-9(2)21-13(20)3-4-19-8-17-14(18-19)10-5-11(15)7-12(16)6-10/h3-9H,1-2H3/b4-3-. The lowest BCUT2D eigenvalue weighted by atomic mass is 10.2. The maximum absolute atomic E-state index is 11.4. The molecule has 5 nitrogen and oxygen atoms in total. The summed E-state index contributed by atoms with van der Waals surface area (Å²) < 4.78 is 6.38. The average molecular weight is 326 g/mol. The van der Waals surface area contributed by atoms with Crippen LogP contribution in [-0.2, 0) is 9.53 Å². The van der Waals surface area contributed by atoms with Crippen molar-refractivity contribution in [1.82, 2.24) is 14.8 Å². The van der Waals surface area contributed by atoms with E-state index in [9.17, 15) is 4.79 Å². The summed E-state index contributed by atoms with van der Waals surface area (Å²) in [5, 5.41) is 5.22. The molecule has 110 valence electrons. The molecule has 0 unspecified atom stereocenters. The lowest BCUT2D eigenvalue weighted by Gasteiger charge is -2.03. The molecule has 0 saturated carbocycles. The van der Waals surface area contributed by atoms with Crippen LogP contribution in [0.5, 0.6) is 0 Å². The number of hydrogen-bond acceptors (Lipinski definition) is 4. The molecule has 0 N–H and O–H groups in total. The highest BCUT2D eigenvalue weighted by Crippen LogP contribution is 2.24. The molecule has 0 fully saturated rings. The zero-order valence-corrected chi connectivity index (χ0v) is 13.0. The van der Waals surface area contributed by atoms with E-state index in [2.05, 4.69) is 10.1 Å². The molecule has 2 rings (SSSR count). The summed E-state index contributed by atoms with van der Waals surface area (Å²) in [6.07, 6.45) is 4.06. The molecule has 0 aliphatic carbocycles. The molecule has 0 amide bonds. The van der Waals surface area contributed by atoms with Gasteiger partial charge in [-0.3, -0.25) is 0 Å². The van der Waals surface area contributed by atoms with E-state index in [-0.39, 0.29) is 6.10 Å². The minimum Gasteiger partial charge on any atom is -0.460 e. The Balaban J connectivity index is 2.14. The fourth-order valence-electron chi connectivity index (χ4n) is 1.57. The molecule has 0 bridgehead atoms. The number of carbonyl (C=O) groups is 1. The van der Waals surface area contributed by atoms with Crippen molar-refractivity contribution in [1.29, 1.82) is 0 Å². The monoisotopic (exact) mass is 325 g/mol. The van der Waals surface area contributed by atoms with Crippen LogP contribution in [0, 0.1) is 0 Å². The van der Waals surface area contributed by atoms with Crippen molar-refractivity contribution in [2.24, 2.45) is 0 Å². The fourth-order valence-corrected chi connectivity index (χ4v) is 2.10. The summed E-state index contributed by atoms with van der Waals surface area (Å²) in [5.74, 6) is 0.0223. The second-order valence-corrected chi connectivity index (χ2v) is 5.38. The molecule has 1 aromatic carbocycles. The summed E-state index contributed by atoms with van der Waals surface area (Å²) in [5.41, 5.74) is 0.699. The summed E-state index contributed by atoms with van der Waals surface area (Å²) in [4.78, 5) is 15.5. The second-order valence-electron chi connectivity index (χ2n) is 4.51. The first-order valence-corrected chi connectivity index (χ1v) is 6.96. The molecule has 2 aromatic rings. The average Bonchev–Trinajstić information content (AvgIpc) is 2.83. The van der Waals surface area contributed by atoms with Crippen LogP contribution in [0.25, 0.3) is 17.6 Å². The van der Waals surface area contributed by atoms with E-state index < -0.39 is 5.97 Å². The van der Waals surface area contributed by atoms with Gasteiger partial charge >= 0.3 is 5.97 Å². The quantitative estimate of drug-likeness (QED) is 0.635. The second kappa shape index (κ2) is 6.74. The van der Waals surface area contributed by atoms with Gasteiger partial charge in [0, 0.05) is 27.9 Å². The van der Waals surface area contributed by atoms with Crippen molar-refractivity contribution in [2.75, 3.05) is 0 Å². The third-order valence-corrected chi connectivity index (χ3v) is 2.78. The fraction of sp³-hybridized carbons (Fsp3) is 0.214. The van der Waals surface area contributed by atoms with Gasteiger partial charge in [0.1, 0.15) is 6.33 Å². The Bertz CT molecular complexity index is 660. The molecule has 0 spiro atoms. The highest BCUT2D eigenvalue weighted by atomic mass is 35.5. The van der Waals surface area contributed by atoms with Crippen LogP contribution < -0.4 is 0 Å². The van der Waals surface area contributed by atoms with Crippen molar-refractivity contribution in [3.05, 3.63) is 40.6 Å². The first-order chi connectivity index (χ1) is 9.94. The van der Waals surface area contributed by atoms with Crippen LogP contribution in [0.2, 0.25) is 10.0 Å². The Morgan fingerprint density at radius 3 is 2.57 bits per heavy atom. The van der Waals surface area contributed by atoms with Gasteiger partial charge in [-0.05, 0) is 32.0 Å². The lowest BCUT2D eigenvalue weighted by molar-refractivity contribution is -0.141. The Hall–Kier alpha value is -1.85. The molecule has 1 heterocycles. The molecular formula is C14H13Cl2N3O2. The number of benzene rings is 1. The van der Waals surface area contributed by atoms with E-state index in [0.29, 0.717) is 21.4 Å². The third kappa shape index (κ3) is 4.58. The Kier molecular flexibility index (Phi) is 4.98. The first-order valence-electron chi connectivity index (χ1n) is 6.20.